The number of ether oxygens (including phenoxy) is 1. The smallest absolute Gasteiger partial charge is 0.273 e. The first-order valence-electron chi connectivity index (χ1n) is 31.7. The van der Waals surface area contributed by atoms with Gasteiger partial charge < -0.3 is 65.4 Å². The molecule has 0 bridgehead atoms. The van der Waals surface area contributed by atoms with Crippen LogP contribution >= 0.6 is 0 Å². The van der Waals surface area contributed by atoms with E-state index in [0.717, 1.165) is 19.6 Å². The number of hydrogen-bond acceptors (Lipinski definition) is 14. The van der Waals surface area contributed by atoms with Crippen LogP contribution in [0.4, 0.5) is 0 Å². The van der Waals surface area contributed by atoms with Gasteiger partial charge in [-0.3, -0.25) is 57.7 Å². The maximum absolute atomic E-state index is 15.1. The summed E-state index contributed by atoms with van der Waals surface area (Å²) in [5.74, 6) is -9.53. The van der Waals surface area contributed by atoms with Gasteiger partial charge in [-0.25, -0.2) is 0 Å². The number of aliphatic hydroxyl groups is 1. The number of nitrogens with one attached hydrogen (secondary N) is 4. The van der Waals surface area contributed by atoms with E-state index in [2.05, 4.69) is 33.0 Å². The molecular weight excluding hydrogens is 1140 g/mol. The van der Waals surface area contributed by atoms with Gasteiger partial charge in [0.25, 0.3) is 5.91 Å². The minimum absolute atomic E-state index is 0.0123. The summed E-state index contributed by atoms with van der Waals surface area (Å²) in [5.41, 5.74) is 0. The van der Waals surface area contributed by atoms with Gasteiger partial charge in [0, 0.05) is 49.3 Å². The summed E-state index contributed by atoms with van der Waals surface area (Å²) in [6, 6.07) is -12.8. The predicted molar refractivity (Wildman–Crippen MR) is 343 cm³/mol. The van der Waals surface area contributed by atoms with Crippen LogP contribution in [0.5, 0.6) is 0 Å². The highest BCUT2D eigenvalue weighted by molar-refractivity contribution is 5.99. The molecule has 5 N–H and O–H groups in total. The molecule has 0 saturated carbocycles. The number of amides is 11. The van der Waals surface area contributed by atoms with Crippen LogP contribution in [-0.4, -0.2) is 246 Å². The topological polar surface area (TPSA) is 300 Å². The maximum atomic E-state index is 15.1. The molecule has 0 aromatic rings. The largest absolute Gasteiger partial charge is 0.391 e. The Bertz CT molecular complexity index is 2430. The Hall–Kier alpha value is -6.50. The van der Waals surface area contributed by atoms with Gasteiger partial charge in [0.2, 0.25) is 65.3 Å². The molecular formula is C64H114N12O13. The average molecular weight is 1260 g/mol. The van der Waals surface area contributed by atoms with E-state index in [1.54, 1.807) is 20.8 Å². The molecule has 1 saturated heterocycles. The van der Waals surface area contributed by atoms with Crippen LogP contribution in [0.15, 0.2) is 17.1 Å². The summed E-state index contributed by atoms with van der Waals surface area (Å²) < 4.78 is 6.07. The molecule has 0 aliphatic carbocycles. The van der Waals surface area contributed by atoms with Crippen molar-refractivity contribution in [3.63, 3.8) is 0 Å². The Kier molecular flexibility index (Phi) is 34.0. The standard InChI is InChI=1S/C64H114N12O13/c1-25-27-28-41(13)35-48-55(80)68-45(26-2)58(83)76(24)64(89-30-29-65-17)63(88)72(20)47(32-37(5)6)56(81)69-51(40(11)12)61(86)70(18)46(31-36(3)4)54(79)66-42(14)53(78)67-43(15)57(82)73(21)49(33-38(7)8)59(84)74(22)50(34-39(9)10)60(85)75(23)52(44(16)77)62(87)71(48)19/h25,27,36-52,64,77H,17,26,28-35H2,1-16,18-24H3,(H,66,79)(H,67,78)(H,68,80)(H,69,81)/b27-25+/t41-,42+,43-,44?,45+,46+,47+,48+,49+,50+,51+,52+,64?/m1/s1. The summed E-state index contributed by atoms with van der Waals surface area (Å²) in [6.07, 6.45) is 1.50. The highest BCUT2D eigenvalue weighted by Gasteiger charge is 2.45. The van der Waals surface area contributed by atoms with Gasteiger partial charge in [-0.15, -0.1) is 0 Å². The van der Waals surface area contributed by atoms with Crippen molar-refractivity contribution in [3.8, 4) is 0 Å². The third kappa shape index (κ3) is 23.4. The van der Waals surface area contributed by atoms with Crippen LogP contribution in [0.2, 0.25) is 0 Å². The Morgan fingerprint density at radius 2 is 0.899 bits per heavy atom. The first-order chi connectivity index (χ1) is 41.2. The zero-order valence-electron chi connectivity index (χ0n) is 58.0. The normalized spacial score (nSPS) is 27.0. The van der Waals surface area contributed by atoms with E-state index in [4.69, 9.17) is 4.74 Å². The van der Waals surface area contributed by atoms with Crippen molar-refractivity contribution >= 4 is 71.7 Å². The monoisotopic (exact) mass is 1260 g/mol. The molecule has 1 aliphatic heterocycles. The minimum atomic E-state index is -1.70. The SMILES string of the molecule is C=NCCOC1C(=O)N(C)[C@@H](CC(C)C)C(=O)N[C@@H](C(C)C)C(=O)N(C)[C@@H](CC(C)C)C(=O)N[C@@H](C)C(=O)N[C@H](C)C(=O)N(C)[C@@H](CC(C)C)C(=O)N(C)[C@@H](CC(C)C)C(=O)N(C)[C@@H](C(C)O)C(=O)N(C)[C@@H](C[C@H](C)C/C=C/C)C(=O)N[C@@H](CC)C(=O)N1C. The molecule has 0 aromatic carbocycles. The lowest BCUT2D eigenvalue weighted by Crippen LogP contribution is -2.63. The number of likely N-dealkylation sites (N-methyl/N-ethyl adjacent to an activating group) is 7. The number of hydrogen-bond donors (Lipinski definition) is 5. The van der Waals surface area contributed by atoms with Gasteiger partial charge in [-0.2, -0.15) is 0 Å². The Morgan fingerprint density at radius 3 is 1.35 bits per heavy atom. The van der Waals surface area contributed by atoms with Crippen molar-refractivity contribution in [1.82, 2.24) is 55.6 Å². The molecule has 25 heteroatoms. The van der Waals surface area contributed by atoms with E-state index in [0.29, 0.717) is 6.42 Å². The molecule has 1 heterocycles. The predicted octanol–water partition coefficient (Wildman–Crippen LogP) is 3.07. The van der Waals surface area contributed by atoms with E-state index >= 15 is 9.59 Å². The highest BCUT2D eigenvalue weighted by Crippen LogP contribution is 2.25. The van der Waals surface area contributed by atoms with Gasteiger partial charge in [0.15, 0.2) is 0 Å². The third-order valence-corrected chi connectivity index (χ3v) is 16.4. The minimum Gasteiger partial charge on any atom is -0.391 e. The molecule has 0 aromatic heterocycles. The van der Waals surface area contributed by atoms with E-state index < -0.39 is 144 Å². The van der Waals surface area contributed by atoms with Gasteiger partial charge >= 0.3 is 0 Å². The van der Waals surface area contributed by atoms with Crippen LogP contribution in [0, 0.1) is 35.5 Å². The van der Waals surface area contributed by atoms with Crippen LogP contribution in [0.3, 0.4) is 0 Å². The molecule has 89 heavy (non-hydrogen) atoms. The number of aliphatic hydroxyl groups excluding tert-OH is 1. The van der Waals surface area contributed by atoms with Crippen LogP contribution in [-0.2, 0) is 57.5 Å². The van der Waals surface area contributed by atoms with E-state index in [9.17, 15) is 48.3 Å². The van der Waals surface area contributed by atoms with Crippen molar-refractivity contribution in [3.05, 3.63) is 12.2 Å². The second kappa shape index (κ2) is 37.6. The molecule has 11 amide bonds. The zero-order chi connectivity index (χ0) is 68.8. The average Bonchev–Trinajstić information content (AvgIpc) is 1.02. The molecule has 1 aliphatic rings. The van der Waals surface area contributed by atoms with Crippen LogP contribution in [0.1, 0.15) is 156 Å². The van der Waals surface area contributed by atoms with Crippen LogP contribution < -0.4 is 21.3 Å². The second-order valence-electron chi connectivity index (χ2n) is 26.4. The number of rotatable bonds is 19. The van der Waals surface area contributed by atoms with Gasteiger partial charge in [0.05, 0.1) is 19.3 Å². The molecule has 25 nitrogen and oxygen atoms in total. The molecule has 0 radical (unpaired) electrons. The van der Waals surface area contributed by atoms with Crippen molar-refractivity contribution in [2.24, 2.45) is 40.5 Å². The van der Waals surface area contributed by atoms with Gasteiger partial charge in [0.1, 0.15) is 60.4 Å². The number of nitrogens with zero attached hydrogens (tertiary/aromatic N) is 8. The number of aliphatic imine (C=N–C) groups is 1. The fourth-order valence-corrected chi connectivity index (χ4v) is 10.9. The highest BCUT2D eigenvalue weighted by atomic mass is 16.5. The quantitative estimate of drug-likeness (QED) is 0.0707. The summed E-state index contributed by atoms with van der Waals surface area (Å²) in [4.78, 5) is 174. The Balaban J connectivity index is 4.45. The van der Waals surface area contributed by atoms with Crippen molar-refractivity contribution < 1.29 is 62.6 Å². The fourth-order valence-electron chi connectivity index (χ4n) is 10.9. The third-order valence-electron chi connectivity index (χ3n) is 16.4. The molecule has 0 spiro atoms. The van der Waals surface area contributed by atoms with Crippen molar-refractivity contribution in [1.29, 1.82) is 0 Å². The Morgan fingerprint density at radius 1 is 0.494 bits per heavy atom. The lowest BCUT2D eigenvalue weighted by molar-refractivity contribution is -0.167. The number of carbonyl (C=O) groups excluding carboxylic acids is 11. The van der Waals surface area contributed by atoms with E-state index in [1.165, 1.54) is 84.8 Å². The van der Waals surface area contributed by atoms with Crippen molar-refractivity contribution in [2.45, 2.75) is 228 Å². The Labute approximate surface area is 531 Å². The molecule has 1 fully saturated rings. The van der Waals surface area contributed by atoms with Gasteiger partial charge in [-0.1, -0.05) is 95.2 Å². The lowest BCUT2D eigenvalue weighted by Gasteiger charge is -2.40. The lowest BCUT2D eigenvalue weighted by atomic mass is 9.95. The number of carbonyl (C=O) groups is 11. The zero-order valence-corrected chi connectivity index (χ0v) is 58.0. The first kappa shape index (κ1) is 80.5. The van der Waals surface area contributed by atoms with Crippen LogP contribution in [0.25, 0.3) is 0 Å². The number of allylic oxidation sites excluding steroid dienone is 2. The molecule has 2 unspecified atom stereocenters. The summed E-state index contributed by atoms with van der Waals surface area (Å²) >= 11 is 0. The fraction of sp³-hybridized carbons (Fsp3) is 0.781. The van der Waals surface area contributed by atoms with E-state index in [-0.39, 0.29) is 81.3 Å². The summed E-state index contributed by atoms with van der Waals surface area (Å²) in [6.45, 7) is 31.1. The molecule has 508 valence electrons. The molecule has 13 atom stereocenters. The van der Waals surface area contributed by atoms with Gasteiger partial charge in [-0.05, 0) is 115 Å². The summed E-state index contributed by atoms with van der Waals surface area (Å²) in [5, 5.41) is 22.5. The summed E-state index contributed by atoms with van der Waals surface area (Å²) in [7, 11) is 9.65. The van der Waals surface area contributed by atoms with E-state index in [1.807, 2.05) is 81.4 Å². The molecule has 1 rings (SSSR count). The maximum Gasteiger partial charge on any atom is 0.273 e. The first-order valence-corrected chi connectivity index (χ1v) is 31.7. The second-order valence-corrected chi connectivity index (χ2v) is 26.4. The van der Waals surface area contributed by atoms with Crippen molar-refractivity contribution in [2.75, 3.05) is 62.5 Å².